The lowest BCUT2D eigenvalue weighted by Crippen LogP contribution is -2.46. The highest BCUT2D eigenvalue weighted by Crippen LogP contribution is 2.18. The lowest BCUT2D eigenvalue weighted by atomic mass is 10.2. The molecule has 1 saturated heterocycles. The van der Waals surface area contributed by atoms with E-state index in [1.54, 1.807) is 0 Å². The first-order chi connectivity index (χ1) is 6.40. The minimum absolute atomic E-state index is 0.305. The van der Waals surface area contributed by atoms with Gasteiger partial charge in [0.05, 0.1) is 12.6 Å². The van der Waals surface area contributed by atoms with E-state index in [2.05, 4.69) is 5.32 Å². The standard InChI is InChI=1S/C8H13F3N2O/c1-6-7(14)12-3-2-4-13(6)5-8(9,10)11/h6H,2-5H2,1H3,(H,12,14). The van der Waals surface area contributed by atoms with Crippen LogP contribution in [0.5, 0.6) is 0 Å². The number of carbonyl (C=O) groups excluding carboxylic acids is 1. The van der Waals surface area contributed by atoms with Crippen molar-refractivity contribution in [1.82, 2.24) is 10.2 Å². The Labute approximate surface area is 80.3 Å². The van der Waals surface area contributed by atoms with E-state index in [0.29, 0.717) is 19.5 Å². The van der Waals surface area contributed by atoms with Crippen molar-refractivity contribution in [2.75, 3.05) is 19.6 Å². The van der Waals surface area contributed by atoms with Gasteiger partial charge in [-0.15, -0.1) is 0 Å². The number of rotatable bonds is 1. The van der Waals surface area contributed by atoms with Crippen LogP contribution in [-0.4, -0.2) is 42.7 Å². The number of amides is 1. The molecule has 0 aliphatic carbocycles. The molecule has 0 aromatic rings. The highest BCUT2D eigenvalue weighted by molar-refractivity contribution is 5.81. The third-order valence-electron chi connectivity index (χ3n) is 2.23. The molecule has 0 aromatic carbocycles. The van der Waals surface area contributed by atoms with Crippen molar-refractivity contribution < 1.29 is 18.0 Å². The van der Waals surface area contributed by atoms with E-state index in [0.717, 1.165) is 4.90 Å². The average molecular weight is 210 g/mol. The van der Waals surface area contributed by atoms with Crippen LogP contribution in [0.25, 0.3) is 0 Å². The van der Waals surface area contributed by atoms with Gasteiger partial charge in [0.25, 0.3) is 0 Å². The maximum absolute atomic E-state index is 12.1. The predicted octanol–water partition coefficient (Wildman–Crippen LogP) is 0.759. The topological polar surface area (TPSA) is 32.3 Å². The lowest BCUT2D eigenvalue weighted by molar-refractivity contribution is -0.153. The molecule has 1 atom stereocenters. The fraction of sp³-hybridized carbons (Fsp3) is 0.875. The van der Waals surface area contributed by atoms with Crippen molar-refractivity contribution in [2.24, 2.45) is 0 Å². The van der Waals surface area contributed by atoms with Crippen molar-refractivity contribution in [3.8, 4) is 0 Å². The van der Waals surface area contributed by atoms with Crippen molar-refractivity contribution in [1.29, 1.82) is 0 Å². The first-order valence-corrected chi connectivity index (χ1v) is 4.48. The van der Waals surface area contributed by atoms with Crippen molar-refractivity contribution in [3.63, 3.8) is 0 Å². The van der Waals surface area contributed by atoms with Gasteiger partial charge in [0, 0.05) is 13.1 Å². The Morgan fingerprint density at radius 2 is 2.21 bits per heavy atom. The average Bonchev–Trinajstić information content (AvgIpc) is 2.17. The molecule has 6 heteroatoms. The molecule has 1 amide bonds. The van der Waals surface area contributed by atoms with Gasteiger partial charge in [-0.2, -0.15) is 13.2 Å². The number of hydrogen-bond donors (Lipinski definition) is 1. The van der Waals surface area contributed by atoms with E-state index in [-0.39, 0.29) is 5.91 Å². The zero-order valence-corrected chi connectivity index (χ0v) is 7.90. The number of nitrogens with zero attached hydrogens (tertiary/aromatic N) is 1. The number of nitrogens with one attached hydrogen (secondary N) is 1. The van der Waals surface area contributed by atoms with Crippen LogP contribution in [0.3, 0.4) is 0 Å². The first kappa shape index (κ1) is 11.3. The summed E-state index contributed by atoms with van der Waals surface area (Å²) in [4.78, 5) is 12.3. The van der Waals surface area contributed by atoms with Gasteiger partial charge < -0.3 is 5.32 Å². The molecule has 0 radical (unpaired) electrons. The highest BCUT2D eigenvalue weighted by atomic mass is 19.4. The molecule has 1 unspecified atom stereocenters. The molecule has 1 aliphatic heterocycles. The molecular weight excluding hydrogens is 197 g/mol. The summed E-state index contributed by atoms with van der Waals surface area (Å²) in [5.74, 6) is -0.327. The van der Waals surface area contributed by atoms with Crippen molar-refractivity contribution >= 4 is 5.91 Å². The molecule has 14 heavy (non-hydrogen) atoms. The smallest absolute Gasteiger partial charge is 0.355 e. The molecule has 1 heterocycles. The van der Waals surface area contributed by atoms with E-state index in [1.165, 1.54) is 6.92 Å². The summed E-state index contributed by atoms with van der Waals surface area (Å²) in [5, 5.41) is 2.56. The van der Waals surface area contributed by atoms with E-state index < -0.39 is 18.8 Å². The Kier molecular flexibility index (Phi) is 3.36. The van der Waals surface area contributed by atoms with Gasteiger partial charge in [0.1, 0.15) is 0 Å². The molecule has 1 N–H and O–H groups in total. The van der Waals surface area contributed by atoms with Crippen molar-refractivity contribution in [2.45, 2.75) is 25.6 Å². The third-order valence-corrected chi connectivity index (χ3v) is 2.23. The van der Waals surface area contributed by atoms with E-state index >= 15 is 0 Å². The minimum Gasteiger partial charge on any atom is -0.355 e. The van der Waals surface area contributed by atoms with E-state index in [9.17, 15) is 18.0 Å². The quantitative estimate of drug-likeness (QED) is 0.693. The summed E-state index contributed by atoms with van der Waals surface area (Å²) in [7, 11) is 0. The molecule has 0 spiro atoms. The fourth-order valence-corrected chi connectivity index (χ4v) is 1.45. The summed E-state index contributed by atoms with van der Waals surface area (Å²) in [6, 6.07) is -0.695. The van der Waals surface area contributed by atoms with Crippen LogP contribution in [-0.2, 0) is 4.79 Å². The van der Waals surface area contributed by atoms with Crippen LogP contribution < -0.4 is 5.32 Å². The molecule has 1 aliphatic rings. The normalized spacial score (nSPS) is 25.7. The van der Waals surface area contributed by atoms with Gasteiger partial charge in [-0.05, 0) is 13.3 Å². The van der Waals surface area contributed by atoms with Gasteiger partial charge in [0.15, 0.2) is 0 Å². The second-order valence-corrected chi connectivity index (χ2v) is 3.41. The molecule has 0 bridgehead atoms. The first-order valence-electron chi connectivity index (χ1n) is 4.48. The number of alkyl halides is 3. The second kappa shape index (κ2) is 4.16. The Balaban J connectivity index is 2.61. The Morgan fingerprint density at radius 1 is 1.57 bits per heavy atom. The second-order valence-electron chi connectivity index (χ2n) is 3.41. The molecule has 0 aromatic heterocycles. The molecule has 0 saturated carbocycles. The van der Waals surface area contributed by atoms with Crippen LogP contribution >= 0.6 is 0 Å². The Morgan fingerprint density at radius 3 is 2.79 bits per heavy atom. The SMILES string of the molecule is CC1C(=O)NCCCN1CC(F)(F)F. The molecule has 1 fully saturated rings. The summed E-state index contributed by atoms with van der Waals surface area (Å²) in [6.07, 6.45) is -3.68. The summed E-state index contributed by atoms with van der Waals surface area (Å²) in [5.41, 5.74) is 0. The van der Waals surface area contributed by atoms with Gasteiger partial charge in [-0.1, -0.05) is 0 Å². The number of hydrogen-bond acceptors (Lipinski definition) is 2. The maximum Gasteiger partial charge on any atom is 0.401 e. The molecular formula is C8H13F3N2O. The van der Waals surface area contributed by atoms with Crippen LogP contribution in [0.4, 0.5) is 13.2 Å². The Bertz CT molecular complexity index is 217. The predicted molar refractivity (Wildman–Crippen MR) is 44.7 cm³/mol. The monoisotopic (exact) mass is 210 g/mol. The zero-order chi connectivity index (χ0) is 10.8. The number of halogens is 3. The van der Waals surface area contributed by atoms with Crippen molar-refractivity contribution in [3.05, 3.63) is 0 Å². The van der Waals surface area contributed by atoms with Gasteiger partial charge in [-0.3, -0.25) is 9.69 Å². The van der Waals surface area contributed by atoms with Crippen LogP contribution in [0.1, 0.15) is 13.3 Å². The van der Waals surface area contributed by atoms with Gasteiger partial charge >= 0.3 is 6.18 Å². The fourth-order valence-electron chi connectivity index (χ4n) is 1.45. The van der Waals surface area contributed by atoms with Gasteiger partial charge in [0.2, 0.25) is 5.91 Å². The third kappa shape index (κ3) is 3.17. The maximum atomic E-state index is 12.1. The largest absolute Gasteiger partial charge is 0.401 e. The Hall–Kier alpha value is -0.780. The van der Waals surface area contributed by atoms with Crippen LogP contribution in [0.15, 0.2) is 0 Å². The summed E-state index contributed by atoms with van der Waals surface area (Å²) in [6.45, 7) is 1.24. The zero-order valence-electron chi connectivity index (χ0n) is 7.90. The van der Waals surface area contributed by atoms with Gasteiger partial charge in [-0.25, -0.2) is 0 Å². The molecule has 1 rings (SSSR count). The summed E-state index contributed by atoms with van der Waals surface area (Å²) < 4.78 is 36.3. The van der Waals surface area contributed by atoms with Crippen LogP contribution in [0.2, 0.25) is 0 Å². The molecule has 3 nitrogen and oxygen atoms in total. The number of carbonyl (C=O) groups is 1. The van der Waals surface area contributed by atoms with E-state index in [1.807, 2.05) is 0 Å². The lowest BCUT2D eigenvalue weighted by Gasteiger charge is -2.25. The molecule has 82 valence electrons. The highest BCUT2D eigenvalue weighted by Gasteiger charge is 2.35. The summed E-state index contributed by atoms with van der Waals surface area (Å²) >= 11 is 0. The van der Waals surface area contributed by atoms with Crippen LogP contribution in [0, 0.1) is 0 Å². The minimum atomic E-state index is -4.24. The van der Waals surface area contributed by atoms with E-state index in [4.69, 9.17) is 0 Å².